The quantitative estimate of drug-likeness (QED) is 0.375. The number of halogens is 1. The second-order valence-electron chi connectivity index (χ2n) is 3.98. The molecule has 0 radical (unpaired) electrons. The van der Waals surface area contributed by atoms with Crippen LogP contribution < -0.4 is 5.32 Å². The molecule has 1 aliphatic rings. The summed E-state index contributed by atoms with van der Waals surface area (Å²) in [6.07, 6.45) is -7.19. The molecule has 5 N–H and O–H groups in total. The zero-order valence-corrected chi connectivity index (χ0v) is 10.7. The van der Waals surface area contributed by atoms with Crippen molar-refractivity contribution >= 4 is 13.7 Å². The summed E-state index contributed by atoms with van der Waals surface area (Å²) in [6, 6.07) is -1.51. The molecule has 0 spiro atoms. The zero-order valence-electron chi connectivity index (χ0n) is 9.84. The smallest absolute Gasteiger partial charge is 0.394 e. The molecule has 0 aromatic rings. The number of aliphatic hydroxyl groups excluding tert-OH is 2. The molecule has 1 fully saturated rings. The lowest BCUT2D eigenvalue weighted by atomic mass is 9.98. The molecule has 19 heavy (non-hydrogen) atoms. The van der Waals surface area contributed by atoms with Crippen molar-refractivity contribution in [3.05, 3.63) is 0 Å². The maximum absolute atomic E-state index is 13.6. The summed E-state index contributed by atoms with van der Waals surface area (Å²) in [5.74, 6) is -0.679. The van der Waals surface area contributed by atoms with E-state index in [1.807, 2.05) is 0 Å². The Balaban J connectivity index is 2.92. The molecule has 5 atom stereocenters. The van der Waals surface area contributed by atoms with Crippen molar-refractivity contribution in [2.24, 2.45) is 0 Å². The third-order valence-corrected chi connectivity index (χ3v) is 2.92. The Morgan fingerprint density at radius 1 is 1.53 bits per heavy atom. The van der Waals surface area contributed by atoms with Gasteiger partial charge in [0.2, 0.25) is 5.91 Å². The molecule has 1 rings (SSSR count). The summed E-state index contributed by atoms with van der Waals surface area (Å²) in [7, 11) is -4.99. The maximum Gasteiger partial charge on any atom is 0.472 e. The van der Waals surface area contributed by atoms with Gasteiger partial charge < -0.3 is 30.1 Å². The van der Waals surface area contributed by atoms with Crippen LogP contribution in [0.1, 0.15) is 6.92 Å². The van der Waals surface area contributed by atoms with Gasteiger partial charge >= 0.3 is 7.82 Å². The van der Waals surface area contributed by atoms with Gasteiger partial charge in [-0.3, -0.25) is 9.32 Å². The van der Waals surface area contributed by atoms with E-state index in [-0.39, 0.29) is 0 Å². The molecule has 1 heterocycles. The number of hydrogen-bond acceptors (Lipinski definition) is 6. The number of rotatable bonds is 4. The third kappa shape index (κ3) is 4.46. The van der Waals surface area contributed by atoms with E-state index >= 15 is 0 Å². The first-order valence-electron chi connectivity index (χ1n) is 5.25. The standard InChI is InChI=1S/C8H15FNO8P/c1-3(12)10-6-7(13)5(9)4(2-11)17-8(6)18-19(14,15)16/h4-8,11,13H,2H2,1H3,(H,10,12)(H2,14,15,16)/t4-,5-,6-,7+,8-/m1/s1. The first-order valence-corrected chi connectivity index (χ1v) is 6.78. The van der Waals surface area contributed by atoms with Crippen LogP contribution in [0.5, 0.6) is 0 Å². The minimum Gasteiger partial charge on any atom is -0.394 e. The molecule has 1 aliphatic heterocycles. The number of amides is 1. The van der Waals surface area contributed by atoms with E-state index in [4.69, 9.17) is 19.6 Å². The van der Waals surface area contributed by atoms with E-state index in [0.717, 1.165) is 6.92 Å². The number of hydrogen-bond donors (Lipinski definition) is 5. The Morgan fingerprint density at radius 2 is 2.11 bits per heavy atom. The molecule has 1 saturated heterocycles. The van der Waals surface area contributed by atoms with Gasteiger partial charge in [-0.2, -0.15) is 0 Å². The van der Waals surface area contributed by atoms with Gasteiger partial charge in [-0.15, -0.1) is 0 Å². The molecule has 112 valence electrons. The van der Waals surface area contributed by atoms with Crippen molar-refractivity contribution in [3.8, 4) is 0 Å². The molecule has 0 saturated carbocycles. The predicted octanol–water partition coefficient (Wildman–Crippen LogP) is -1.98. The minimum absolute atomic E-state index is 0.679. The van der Waals surface area contributed by atoms with Crippen molar-refractivity contribution in [2.75, 3.05) is 6.61 Å². The molecule has 9 nitrogen and oxygen atoms in total. The van der Waals surface area contributed by atoms with Crippen LogP contribution in [0.2, 0.25) is 0 Å². The highest BCUT2D eigenvalue weighted by Gasteiger charge is 2.48. The van der Waals surface area contributed by atoms with Gasteiger partial charge in [0.1, 0.15) is 18.2 Å². The van der Waals surface area contributed by atoms with Crippen LogP contribution in [0.3, 0.4) is 0 Å². The number of carbonyl (C=O) groups is 1. The van der Waals surface area contributed by atoms with Crippen molar-refractivity contribution in [1.82, 2.24) is 5.32 Å². The van der Waals surface area contributed by atoms with Crippen LogP contribution >= 0.6 is 7.82 Å². The van der Waals surface area contributed by atoms with Gasteiger partial charge in [0, 0.05) is 6.92 Å². The van der Waals surface area contributed by atoms with E-state index < -0.39 is 51.0 Å². The normalized spacial score (nSPS) is 36.0. The molecule has 1 amide bonds. The second-order valence-corrected chi connectivity index (χ2v) is 5.17. The molecular weight excluding hydrogens is 288 g/mol. The lowest BCUT2D eigenvalue weighted by molar-refractivity contribution is -0.234. The SMILES string of the molecule is CC(=O)N[C@H]1[C@@H](OP(=O)(O)O)O[C@H](CO)[C@@H](F)[C@@H]1O. The number of aliphatic hydroxyl groups is 2. The van der Waals surface area contributed by atoms with Crippen LogP contribution in [0, 0.1) is 0 Å². The van der Waals surface area contributed by atoms with Gasteiger partial charge in [0.05, 0.1) is 6.61 Å². The van der Waals surface area contributed by atoms with Gasteiger partial charge in [0.15, 0.2) is 12.5 Å². The van der Waals surface area contributed by atoms with E-state index in [1.165, 1.54) is 0 Å². The Labute approximate surface area is 107 Å². The van der Waals surface area contributed by atoms with E-state index in [1.54, 1.807) is 0 Å². The van der Waals surface area contributed by atoms with Crippen molar-refractivity contribution in [2.45, 2.75) is 37.6 Å². The highest BCUT2D eigenvalue weighted by atomic mass is 31.2. The monoisotopic (exact) mass is 303 g/mol. The number of carbonyl (C=O) groups excluding carboxylic acids is 1. The molecule has 0 unspecified atom stereocenters. The summed E-state index contributed by atoms with van der Waals surface area (Å²) in [5.41, 5.74) is 0. The molecule has 0 bridgehead atoms. The van der Waals surface area contributed by atoms with Crippen LogP contribution in [0.25, 0.3) is 0 Å². The van der Waals surface area contributed by atoms with E-state index in [9.17, 15) is 18.9 Å². The largest absolute Gasteiger partial charge is 0.472 e. The number of phosphoric acid groups is 1. The van der Waals surface area contributed by atoms with Crippen molar-refractivity contribution < 1.29 is 43.0 Å². The average Bonchev–Trinajstić information content (AvgIpc) is 2.26. The summed E-state index contributed by atoms with van der Waals surface area (Å²) in [5, 5.41) is 20.6. The fourth-order valence-corrected chi connectivity index (χ4v) is 2.12. The van der Waals surface area contributed by atoms with Crippen molar-refractivity contribution in [1.29, 1.82) is 0 Å². The second kappa shape index (κ2) is 6.23. The fraction of sp³-hybridized carbons (Fsp3) is 0.875. The average molecular weight is 303 g/mol. The van der Waals surface area contributed by atoms with Crippen LogP contribution in [0.4, 0.5) is 4.39 Å². The Bertz CT molecular complexity index is 376. The van der Waals surface area contributed by atoms with Crippen LogP contribution in [-0.2, 0) is 18.6 Å². The highest BCUT2D eigenvalue weighted by Crippen LogP contribution is 2.40. The molecule has 0 aromatic heterocycles. The highest BCUT2D eigenvalue weighted by molar-refractivity contribution is 7.46. The first kappa shape index (κ1) is 16.4. The van der Waals surface area contributed by atoms with Gasteiger partial charge in [0.25, 0.3) is 0 Å². The van der Waals surface area contributed by atoms with E-state index in [2.05, 4.69) is 9.84 Å². The molecule has 0 aromatic carbocycles. The number of nitrogens with one attached hydrogen (secondary N) is 1. The molecule has 0 aliphatic carbocycles. The maximum atomic E-state index is 13.6. The van der Waals surface area contributed by atoms with Crippen LogP contribution in [-0.4, -0.2) is 63.2 Å². The zero-order chi connectivity index (χ0) is 14.8. The Morgan fingerprint density at radius 3 is 2.53 bits per heavy atom. The summed E-state index contributed by atoms with van der Waals surface area (Å²) >= 11 is 0. The minimum atomic E-state index is -4.99. The van der Waals surface area contributed by atoms with Gasteiger partial charge in [-0.25, -0.2) is 8.96 Å². The predicted molar refractivity (Wildman–Crippen MR) is 57.4 cm³/mol. The van der Waals surface area contributed by atoms with Gasteiger partial charge in [-0.1, -0.05) is 0 Å². The topological polar surface area (TPSA) is 146 Å². The summed E-state index contributed by atoms with van der Waals surface area (Å²) in [6.45, 7) is 0.235. The Hall–Kier alpha value is -0.610. The number of ether oxygens (including phenoxy) is 1. The fourth-order valence-electron chi connectivity index (χ4n) is 1.67. The number of phosphoric ester groups is 1. The lowest BCUT2D eigenvalue weighted by Crippen LogP contribution is -2.63. The summed E-state index contributed by atoms with van der Waals surface area (Å²) < 4.78 is 33.4. The molecule has 11 heteroatoms. The number of alkyl halides is 1. The lowest BCUT2D eigenvalue weighted by Gasteiger charge is -2.40. The van der Waals surface area contributed by atoms with Crippen molar-refractivity contribution in [3.63, 3.8) is 0 Å². The third-order valence-electron chi connectivity index (χ3n) is 2.44. The molecular formula is C8H15FNO8P. The first-order chi connectivity index (χ1) is 8.65. The van der Waals surface area contributed by atoms with Crippen LogP contribution in [0.15, 0.2) is 0 Å². The summed E-state index contributed by atoms with van der Waals surface area (Å²) in [4.78, 5) is 28.3. The Kier molecular flexibility index (Phi) is 5.39. The van der Waals surface area contributed by atoms with Gasteiger partial charge in [-0.05, 0) is 0 Å². The van der Waals surface area contributed by atoms with E-state index in [0.29, 0.717) is 0 Å².